The Kier molecular flexibility index (Phi) is 9.13. The summed E-state index contributed by atoms with van der Waals surface area (Å²) in [6.45, 7) is 0. The first-order valence-electron chi connectivity index (χ1n) is 24.7. The summed E-state index contributed by atoms with van der Waals surface area (Å²) in [5, 5.41) is 23.0. The van der Waals surface area contributed by atoms with Gasteiger partial charge in [-0.3, -0.25) is 16.0 Å². The van der Waals surface area contributed by atoms with E-state index in [1.165, 1.54) is 82.2 Å². The zero-order valence-corrected chi connectivity index (χ0v) is 37.3. The smallest absolute Gasteiger partial charge is 0.0862 e. The molecule has 5 aliphatic carbocycles. The summed E-state index contributed by atoms with van der Waals surface area (Å²) < 4.78 is 2.64. The third-order valence-corrected chi connectivity index (χ3v) is 16.3. The molecule has 7 aliphatic rings. The second-order valence-corrected chi connectivity index (χ2v) is 19.8. The molecular formula is C61H55N5. The predicted octanol–water partition coefficient (Wildman–Crippen LogP) is 13.6. The Morgan fingerprint density at radius 3 is 2.27 bits per heavy atom. The zero-order valence-electron chi connectivity index (χ0n) is 37.3. The minimum Gasteiger partial charge on any atom is -0.344 e. The minimum absolute atomic E-state index is 0.0164. The van der Waals surface area contributed by atoms with Gasteiger partial charge in [-0.15, -0.1) is 0 Å². The molecule has 14 rings (SSSR count). The van der Waals surface area contributed by atoms with Crippen LogP contribution >= 0.6 is 0 Å². The lowest BCUT2D eigenvalue weighted by Crippen LogP contribution is -2.67. The Bertz CT molecular complexity index is 3420. The van der Waals surface area contributed by atoms with Crippen LogP contribution in [0.4, 0.5) is 0 Å². The van der Waals surface area contributed by atoms with E-state index in [9.17, 15) is 0 Å². The van der Waals surface area contributed by atoms with Crippen molar-refractivity contribution < 1.29 is 0 Å². The largest absolute Gasteiger partial charge is 0.344 e. The maximum Gasteiger partial charge on any atom is 0.0862 e. The molecule has 1 fully saturated rings. The number of aromatic nitrogens is 1. The summed E-state index contributed by atoms with van der Waals surface area (Å²) in [5.74, 6) is 1.18. The number of fused-ring (bicyclic) bond motifs is 11. The monoisotopic (exact) mass is 857 g/mol. The Morgan fingerprint density at radius 1 is 0.591 bits per heavy atom. The fourth-order valence-electron chi connectivity index (χ4n) is 13.2. The number of hydrogen-bond acceptors (Lipinski definition) is 4. The highest BCUT2D eigenvalue weighted by Gasteiger charge is 2.47. The molecule has 0 radical (unpaired) electrons. The molecule has 2 aliphatic heterocycles. The highest BCUT2D eigenvalue weighted by atomic mass is 15.4. The third kappa shape index (κ3) is 6.17. The van der Waals surface area contributed by atoms with Gasteiger partial charge in [-0.05, 0) is 131 Å². The SMILES string of the molecule is C1=CCCC(C2NC(c3ccc4c(ccc5ccccc54)c3)NC(C3C=CCCC3N3C4=CC5=CC=CCC5CC4C4=C3CCC(n3c5ccccc5c5ccc6ccccc6c53)=C4)N2)=C1. The molecule has 1 saturated heterocycles. The Labute approximate surface area is 386 Å². The first-order valence-corrected chi connectivity index (χ1v) is 24.7. The molecule has 0 amide bonds. The van der Waals surface area contributed by atoms with Crippen molar-refractivity contribution in [2.45, 2.75) is 75.9 Å². The van der Waals surface area contributed by atoms with Crippen molar-refractivity contribution >= 4 is 59.8 Å². The summed E-state index contributed by atoms with van der Waals surface area (Å²) in [5.41, 5.74) is 12.9. The van der Waals surface area contributed by atoms with Crippen LogP contribution in [0.1, 0.15) is 63.1 Å². The molecule has 324 valence electrons. The molecule has 3 heterocycles. The number of rotatable bonds is 5. The van der Waals surface area contributed by atoms with Gasteiger partial charge in [-0.25, -0.2) is 0 Å². The van der Waals surface area contributed by atoms with Gasteiger partial charge in [0, 0.05) is 51.1 Å². The summed E-state index contributed by atoms with van der Waals surface area (Å²) >= 11 is 0. The average molecular weight is 858 g/mol. The summed E-state index contributed by atoms with van der Waals surface area (Å²) in [4.78, 5) is 2.90. The van der Waals surface area contributed by atoms with E-state index in [-0.39, 0.29) is 24.4 Å². The van der Waals surface area contributed by atoms with Gasteiger partial charge in [-0.1, -0.05) is 152 Å². The average Bonchev–Trinajstić information content (AvgIpc) is 3.90. The van der Waals surface area contributed by atoms with Crippen LogP contribution in [0.3, 0.4) is 0 Å². The number of hydrogen-bond donors (Lipinski definition) is 3. The molecule has 7 aromatic rings. The second kappa shape index (κ2) is 15.6. The summed E-state index contributed by atoms with van der Waals surface area (Å²) in [7, 11) is 0. The first-order chi connectivity index (χ1) is 32.7. The summed E-state index contributed by atoms with van der Waals surface area (Å²) in [6, 6.07) is 43.5. The molecule has 6 aromatic carbocycles. The van der Waals surface area contributed by atoms with Crippen LogP contribution in [0.15, 0.2) is 204 Å². The van der Waals surface area contributed by atoms with Crippen molar-refractivity contribution in [3.8, 4) is 0 Å². The number of nitrogens with one attached hydrogen (secondary N) is 3. The van der Waals surface area contributed by atoms with Crippen LogP contribution in [-0.4, -0.2) is 27.8 Å². The van der Waals surface area contributed by atoms with E-state index in [4.69, 9.17) is 0 Å². The molecular weight excluding hydrogens is 803 g/mol. The van der Waals surface area contributed by atoms with Gasteiger partial charge in [-0.2, -0.15) is 0 Å². The molecule has 1 aromatic heterocycles. The third-order valence-electron chi connectivity index (χ3n) is 16.3. The summed E-state index contributed by atoms with van der Waals surface area (Å²) in [6.07, 6.45) is 33.1. The highest BCUT2D eigenvalue weighted by Crippen LogP contribution is 2.54. The maximum atomic E-state index is 4.21. The van der Waals surface area contributed by atoms with Gasteiger partial charge >= 0.3 is 0 Å². The molecule has 0 bridgehead atoms. The molecule has 5 heteroatoms. The molecule has 3 N–H and O–H groups in total. The normalized spacial score (nSPS) is 27.3. The lowest BCUT2D eigenvalue weighted by Gasteiger charge is -2.48. The van der Waals surface area contributed by atoms with E-state index in [1.54, 1.807) is 11.3 Å². The standard InChI is InChI=1S/C61H55N5/c1-2-16-40(17-3-1)59-62-60(44-29-31-47-43(34-44)27-26-38-14-6-8-20-46(38)47)64-61(63-59)51-23-11-13-25-55(51)66-56-33-30-45(37-53(56)52-35-41-18-4-5-19-42(41)36-57(52)66)65-54-24-12-10-22-49(54)50-32-28-39-15-7-9-21-48(39)58(50)65/h1-2,4-12,14-16,19-24,26-29,31-32,34,36-37,41,51-52,55,59-64H,3,13,17-18,25,30,33,35H2. The van der Waals surface area contributed by atoms with Gasteiger partial charge in [0.05, 0.1) is 29.5 Å². The van der Waals surface area contributed by atoms with E-state index in [0.717, 1.165) is 51.4 Å². The van der Waals surface area contributed by atoms with E-state index >= 15 is 0 Å². The molecule has 66 heavy (non-hydrogen) atoms. The Morgan fingerprint density at radius 2 is 1.36 bits per heavy atom. The van der Waals surface area contributed by atoms with Crippen LogP contribution in [0.2, 0.25) is 0 Å². The van der Waals surface area contributed by atoms with Crippen molar-refractivity contribution in [1.29, 1.82) is 0 Å². The lowest BCUT2D eigenvalue weighted by atomic mass is 9.75. The van der Waals surface area contributed by atoms with Crippen LogP contribution in [0.5, 0.6) is 0 Å². The maximum absolute atomic E-state index is 4.21. The number of para-hydroxylation sites is 1. The predicted molar refractivity (Wildman–Crippen MR) is 274 cm³/mol. The quantitative estimate of drug-likeness (QED) is 0.119. The van der Waals surface area contributed by atoms with Gasteiger partial charge in [0.2, 0.25) is 0 Å². The Hall–Kier alpha value is -6.50. The van der Waals surface area contributed by atoms with E-state index < -0.39 is 0 Å². The zero-order chi connectivity index (χ0) is 43.3. The molecule has 7 unspecified atom stereocenters. The van der Waals surface area contributed by atoms with Crippen molar-refractivity contribution in [3.05, 3.63) is 210 Å². The molecule has 7 atom stereocenters. The van der Waals surface area contributed by atoms with Crippen molar-refractivity contribution in [2.24, 2.45) is 17.8 Å². The van der Waals surface area contributed by atoms with Gasteiger partial charge in [0.25, 0.3) is 0 Å². The van der Waals surface area contributed by atoms with Crippen molar-refractivity contribution in [1.82, 2.24) is 25.4 Å². The number of benzene rings is 6. The van der Waals surface area contributed by atoms with Gasteiger partial charge < -0.3 is 9.47 Å². The van der Waals surface area contributed by atoms with Crippen LogP contribution in [0, 0.1) is 17.8 Å². The fraction of sp³-hybridized carbons (Fsp3) is 0.246. The van der Waals surface area contributed by atoms with Crippen molar-refractivity contribution in [3.63, 3.8) is 0 Å². The molecule has 0 spiro atoms. The molecule has 5 nitrogen and oxygen atoms in total. The second-order valence-electron chi connectivity index (χ2n) is 19.8. The Balaban J connectivity index is 0.882. The van der Waals surface area contributed by atoms with Crippen LogP contribution in [-0.2, 0) is 0 Å². The number of nitrogens with zero attached hydrogens (tertiary/aromatic N) is 2. The lowest BCUT2D eigenvalue weighted by molar-refractivity contribution is 0.123. The topological polar surface area (TPSA) is 44.3 Å². The first kappa shape index (κ1) is 38.7. The van der Waals surface area contributed by atoms with E-state index in [2.05, 4.69) is 201 Å². The minimum atomic E-state index is -0.0164. The van der Waals surface area contributed by atoms with Crippen LogP contribution < -0.4 is 16.0 Å². The van der Waals surface area contributed by atoms with E-state index in [0.29, 0.717) is 17.9 Å². The van der Waals surface area contributed by atoms with E-state index in [1.807, 2.05) is 0 Å². The van der Waals surface area contributed by atoms with Crippen molar-refractivity contribution in [2.75, 3.05) is 0 Å². The number of allylic oxidation sites excluding steroid dienone is 13. The van der Waals surface area contributed by atoms with Crippen LogP contribution in [0.25, 0.3) is 59.8 Å². The van der Waals surface area contributed by atoms with Gasteiger partial charge in [0.15, 0.2) is 0 Å². The highest BCUT2D eigenvalue weighted by molar-refractivity contribution is 6.19. The molecule has 0 saturated carbocycles. The fourth-order valence-corrected chi connectivity index (χ4v) is 13.2. The van der Waals surface area contributed by atoms with Gasteiger partial charge in [0.1, 0.15) is 0 Å².